The van der Waals surface area contributed by atoms with Crippen LogP contribution < -0.4 is 0 Å². The molecule has 0 saturated heterocycles. The zero-order valence-electron chi connectivity index (χ0n) is 17.6. The number of Topliss-reactive ketones (excluding diaryl/α,β-unsaturated/α-hetero) is 3. The van der Waals surface area contributed by atoms with E-state index in [1.165, 1.54) is 18.1 Å². The molecule has 0 N–H and O–H groups in total. The van der Waals surface area contributed by atoms with Gasteiger partial charge in [-0.15, -0.1) is 0 Å². The van der Waals surface area contributed by atoms with Crippen molar-refractivity contribution in [3.05, 3.63) is 34.4 Å². The van der Waals surface area contributed by atoms with Gasteiger partial charge in [0.2, 0.25) is 0 Å². The molecule has 0 bridgehead atoms. The number of fused-ring (bicyclic) bond motifs is 1. The molecule has 2 unspecified atom stereocenters. The molecule has 3 nitrogen and oxygen atoms in total. The third kappa shape index (κ3) is 5.37. The first-order valence-corrected chi connectivity index (χ1v) is 10.4. The van der Waals surface area contributed by atoms with Gasteiger partial charge >= 0.3 is 0 Å². The molecule has 0 amide bonds. The maximum absolute atomic E-state index is 12.8. The molecular formula is C24H34O3. The highest BCUT2D eigenvalue weighted by molar-refractivity contribution is 6.00. The SMILES string of the molecule is CCC(CC)C(CC(=O)CC(C)=O)CC1CC(=O)c2c(C)ccc(C)c2C1. The average molecular weight is 371 g/mol. The Morgan fingerprint density at radius 2 is 1.67 bits per heavy atom. The number of ketones is 3. The highest BCUT2D eigenvalue weighted by Gasteiger charge is 2.31. The van der Waals surface area contributed by atoms with Gasteiger partial charge in [-0.3, -0.25) is 14.4 Å². The van der Waals surface area contributed by atoms with Gasteiger partial charge in [0.15, 0.2) is 5.78 Å². The van der Waals surface area contributed by atoms with Gasteiger partial charge < -0.3 is 0 Å². The van der Waals surface area contributed by atoms with Gasteiger partial charge in [-0.1, -0.05) is 38.8 Å². The van der Waals surface area contributed by atoms with Crippen molar-refractivity contribution in [3.8, 4) is 0 Å². The van der Waals surface area contributed by atoms with E-state index in [9.17, 15) is 14.4 Å². The predicted octanol–water partition coefficient (Wildman–Crippen LogP) is 5.43. The molecular weight excluding hydrogens is 336 g/mol. The van der Waals surface area contributed by atoms with Crippen LogP contribution in [0.3, 0.4) is 0 Å². The van der Waals surface area contributed by atoms with Crippen molar-refractivity contribution >= 4 is 17.3 Å². The van der Waals surface area contributed by atoms with Crippen molar-refractivity contribution < 1.29 is 14.4 Å². The van der Waals surface area contributed by atoms with Gasteiger partial charge in [0.25, 0.3) is 0 Å². The van der Waals surface area contributed by atoms with Crippen LogP contribution in [0.5, 0.6) is 0 Å². The van der Waals surface area contributed by atoms with Gasteiger partial charge in [0, 0.05) is 18.4 Å². The Hall–Kier alpha value is -1.77. The third-order valence-corrected chi connectivity index (χ3v) is 6.29. The van der Waals surface area contributed by atoms with Crippen LogP contribution in [0.25, 0.3) is 0 Å². The molecule has 0 aromatic heterocycles. The Morgan fingerprint density at radius 3 is 2.26 bits per heavy atom. The minimum Gasteiger partial charge on any atom is -0.300 e. The summed E-state index contributed by atoms with van der Waals surface area (Å²) >= 11 is 0. The lowest BCUT2D eigenvalue weighted by Crippen LogP contribution is -2.27. The van der Waals surface area contributed by atoms with Gasteiger partial charge in [0.05, 0.1) is 6.42 Å². The summed E-state index contributed by atoms with van der Waals surface area (Å²) in [7, 11) is 0. The number of rotatable bonds is 9. The summed E-state index contributed by atoms with van der Waals surface area (Å²) in [6.45, 7) is 9.93. The fourth-order valence-electron chi connectivity index (χ4n) is 4.88. The summed E-state index contributed by atoms with van der Waals surface area (Å²) in [4.78, 5) is 36.4. The summed E-state index contributed by atoms with van der Waals surface area (Å²) in [5.41, 5.74) is 4.40. The van der Waals surface area contributed by atoms with Crippen molar-refractivity contribution in [2.75, 3.05) is 0 Å². The van der Waals surface area contributed by atoms with Crippen LogP contribution in [-0.4, -0.2) is 17.3 Å². The average Bonchev–Trinajstić information content (AvgIpc) is 2.58. The van der Waals surface area contributed by atoms with Crippen LogP contribution in [0.2, 0.25) is 0 Å². The molecule has 0 radical (unpaired) electrons. The first-order valence-electron chi connectivity index (χ1n) is 10.4. The zero-order valence-corrected chi connectivity index (χ0v) is 17.6. The molecule has 0 heterocycles. The molecule has 2 rings (SSSR count). The summed E-state index contributed by atoms with van der Waals surface area (Å²) < 4.78 is 0. The van der Waals surface area contributed by atoms with Crippen molar-refractivity contribution in [2.24, 2.45) is 17.8 Å². The Bertz CT molecular complexity index is 713. The van der Waals surface area contributed by atoms with Crippen LogP contribution in [0, 0.1) is 31.6 Å². The van der Waals surface area contributed by atoms with E-state index in [2.05, 4.69) is 26.8 Å². The quantitative estimate of drug-likeness (QED) is 0.545. The van der Waals surface area contributed by atoms with E-state index in [0.29, 0.717) is 24.7 Å². The van der Waals surface area contributed by atoms with Crippen molar-refractivity contribution in [2.45, 2.75) is 79.6 Å². The second kappa shape index (κ2) is 9.43. The number of hydrogen-bond donors (Lipinski definition) is 0. The van der Waals surface area contributed by atoms with E-state index in [-0.39, 0.29) is 29.7 Å². The number of carbonyl (C=O) groups excluding carboxylic acids is 3. The maximum Gasteiger partial charge on any atom is 0.163 e. The molecule has 3 heteroatoms. The summed E-state index contributed by atoms with van der Waals surface area (Å²) in [5.74, 6) is 1.26. The Labute approximate surface area is 163 Å². The van der Waals surface area contributed by atoms with E-state index in [4.69, 9.17) is 0 Å². The highest BCUT2D eigenvalue weighted by atomic mass is 16.1. The topological polar surface area (TPSA) is 51.2 Å². The molecule has 0 spiro atoms. The Morgan fingerprint density at radius 1 is 1.04 bits per heavy atom. The minimum atomic E-state index is -0.0591. The van der Waals surface area contributed by atoms with E-state index in [0.717, 1.165) is 36.8 Å². The normalized spacial score (nSPS) is 17.7. The Kier molecular flexibility index (Phi) is 7.52. The maximum atomic E-state index is 12.8. The number of benzene rings is 1. The van der Waals surface area contributed by atoms with Gasteiger partial charge in [-0.05, 0) is 68.1 Å². The summed E-state index contributed by atoms with van der Waals surface area (Å²) in [6, 6.07) is 4.15. The van der Waals surface area contributed by atoms with Crippen molar-refractivity contribution in [1.82, 2.24) is 0 Å². The Balaban J connectivity index is 2.19. The first kappa shape index (κ1) is 21.5. The molecule has 2 atom stereocenters. The molecule has 1 aromatic rings. The predicted molar refractivity (Wildman–Crippen MR) is 109 cm³/mol. The number of aryl methyl sites for hydroxylation is 2. The lowest BCUT2D eigenvalue weighted by Gasteiger charge is -2.32. The van der Waals surface area contributed by atoms with E-state index in [1.807, 2.05) is 13.0 Å². The van der Waals surface area contributed by atoms with Crippen LogP contribution >= 0.6 is 0 Å². The fourth-order valence-corrected chi connectivity index (χ4v) is 4.88. The first-order chi connectivity index (χ1) is 12.8. The van der Waals surface area contributed by atoms with E-state index < -0.39 is 0 Å². The molecule has 0 aliphatic heterocycles. The second-order valence-corrected chi connectivity index (χ2v) is 8.44. The number of hydrogen-bond acceptors (Lipinski definition) is 3. The second-order valence-electron chi connectivity index (χ2n) is 8.44. The summed E-state index contributed by atoms with van der Waals surface area (Å²) in [6.07, 6.45) is 4.97. The lowest BCUT2D eigenvalue weighted by atomic mass is 9.72. The highest BCUT2D eigenvalue weighted by Crippen LogP contribution is 2.37. The number of carbonyl (C=O) groups is 3. The van der Waals surface area contributed by atoms with Gasteiger partial charge in [-0.25, -0.2) is 0 Å². The van der Waals surface area contributed by atoms with Gasteiger partial charge in [-0.2, -0.15) is 0 Å². The smallest absolute Gasteiger partial charge is 0.163 e. The van der Waals surface area contributed by atoms with E-state index in [1.54, 1.807) is 0 Å². The summed E-state index contributed by atoms with van der Waals surface area (Å²) in [5, 5.41) is 0. The standard InChI is InChI=1S/C24H34O3/c1-6-19(7-2)20(14-21(26)10-17(5)25)11-18-12-22-15(3)8-9-16(4)24(22)23(27)13-18/h8-9,18-20H,6-7,10-14H2,1-5H3. The van der Waals surface area contributed by atoms with Crippen LogP contribution in [0.1, 0.15) is 86.3 Å². The molecule has 1 aliphatic carbocycles. The molecule has 0 saturated carbocycles. The van der Waals surface area contributed by atoms with Gasteiger partial charge in [0.1, 0.15) is 11.6 Å². The molecule has 0 fully saturated rings. The van der Waals surface area contributed by atoms with E-state index >= 15 is 0 Å². The third-order valence-electron chi connectivity index (χ3n) is 6.29. The van der Waals surface area contributed by atoms with Crippen molar-refractivity contribution in [3.63, 3.8) is 0 Å². The monoisotopic (exact) mass is 370 g/mol. The zero-order chi connectivity index (χ0) is 20.1. The van der Waals surface area contributed by atoms with Crippen LogP contribution in [0.15, 0.2) is 12.1 Å². The van der Waals surface area contributed by atoms with Crippen molar-refractivity contribution in [1.29, 1.82) is 0 Å². The van der Waals surface area contributed by atoms with Crippen LogP contribution in [-0.2, 0) is 16.0 Å². The fraction of sp³-hybridized carbons (Fsp3) is 0.625. The molecule has 27 heavy (non-hydrogen) atoms. The molecule has 148 valence electrons. The van der Waals surface area contributed by atoms with Crippen LogP contribution in [0.4, 0.5) is 0 Å². The molecule has 1 aromatic carbocycles. The lowest BCUT2D eigenvalue weighted by molar-refractivity contribution is -0.126. The molecule has 1 aliphatic rings. The minimum absolute atomic E-state index is 0.0430. The largest absolute Gasteiger partial charge is 0.300 e.